The van der Waals surface area contributed by atoms with E-state index in [4.69, 9.17) is 5.11 Å². The number of carbonyl (C=O) groups is 1. The van der Waals surface area contributed by atoms with E-state index in [0.29, 0.717) is 12.2 Å². The van der Waals surface area contributed by atoms with Gasteiger partial charge in [-0.1, -0.05) is 29.8 Å². The molecule has 0 radical (unpaired) electrons. The molecule has 0 saturated heterocycles. The van der Waals surface area contributed by atoms with Gasteiger partial charge in [0.05, 0.1) is 17.3 Å². The van der Waals surface area contributed by atoms with Gasteiger partial charge in [-0.3, -0.25) is 4.79 Å². The maximum absolute atomic E-state index is 11.1. The highest BCUT2D eigenvalue weighted by Crippen LogP contribution is 2.23. The molecule has 0 fully saturated rings. The van der Waals surface area contributed by atoms with Crippen molar-refractivity contribution in [2.45, 2.75) is 27.2 Å². The van der Waals surface area contributed by atoms with E-state index in [2.05, 4.69) is 9.97 Å². The Bertz CT molecular complexity index is 582. The number of carboxylic acid groups (broad SMARTS) is 1. The number of benzene rings is 1. The molecule has 19 heavy (non-hydrogen) atoms. The molecule has 0 unspecified atom stereocenters. The van der Waals surface area contributed by atoms with Crippen LogP contribution in [0.3, 0.4) is 0 Å². The molecule has 0 aliphatic carbocycles. The first kappa shape index (κ1) is 13.3. The Morgan fingerprint density at radius 2 is 1.95 bits per heavy atom. The molecule has 100 valence electrons. The van der Waals surface area contributed by atoms with Crippen molar-refractivity contribution in [3.05, 3.63) is 41.9 Å². The molecule has 0 saturated carbocycles. The number of hydrogen-bond acceptors (Lipinski definition) is 2. The number of aromatic amines is 1. The molecule has 4 heteroatoms. The molecule has 0 aliphatic heterocycles. The van der Waals surface area contributed by atoms with Crippen LogP contribution in [-0.2, 0) is 11.2 Å². The summed E-state index contributed by atoms with van der Waals surface area (Å²) >= 11 is 0. The molecule has 0 aliphatic rings. The van der Waals surface area contributed by atoms with Crippen molar-refractivity contribution in [3.63, 3.8) is 0 Å². The van der Waals surface area contributed by atoms with Gasteiger partial charge in [-0.15, -0.1) is 0 Å². The molecule has 0 atom stereocenters. The maximum Gasteiger partial charge on any atom is 0.309 e. The van der Waals surface area contributed by atoms with Crippen LogP contribution in [0.1, 0.15) is 25.2 Å². The molecule has 2 N–H and O–H groups in total. The Balaban J connectivity index is 2.20. The molecule has 0 bridgehead atoms. The molecule has 1 aromatic heterocycles. The standard InChI is InChI=1S/C15H18N2O2/c1-10-4-6-11(7-5-10)12-9-16-13(17-12)8-15(2,3)14(18)19/h4-7,9H,8H2,1-3H3,(H,16,17)(H,18,19). The second kappa shape index (κ2) is 4.88. The van der Waals surface area contributed by atoms with Crippen LogP contribution in [0.25, 0.3) is 11.3 Å². The van der Waals surface area contributed by atoms with Gasteiger partial charge in [0, 0.05) is 6.42 Å². The Hall–Kier alpha value is -2.10. The topological polar surface area (TPSA) is 66.0 Å². The third-order valence-corrected chi connectivity index (χ3v) is 3.18. The minimum absolute atomic E-state index is 0.383. The van der Waals surface area contributed by atoms with Crippen LogP contribution in [0.2, 0.25) is 0 Å². The first-order valence-corrected chi connectivity index (χ1v) is 6.23. The fraction of sp³-hybridized carbons (Fsp3) is 0.333. The minimum Gasteiger partial charge on any atom is -0.481 e. The monoisotopic (exact) mass is 258 g/mol. The molecular formula is C15H18N2O2. The smallest absolute Gasteiger partial charge is 0.309 e. The Morgan fingerprint density at radius 1 is 1.32 bits per heavy atom. The van der Waals surface area contributed by atoms with Gasteiger partial charge < -0.3 is 10.1 Å². The third-order valence-electron chi connectivity index (χ3n) is 3.18. The van der Waals surface area contributed by atoms with E-state index in [9.17, 15) is 4.79 Å². The van der Waals surface area contributed by atoms with Crippen LogP contribution >= 0.6 is 0 Å². The summed E-state index contributed by atoms with van der Waals surface area (Å²) in [6.07, 6.45) is 2.13. The van der Waals surface area contributed by atoms with Gasteiger partial charge in [-0.25, -0.2) is 4.98 Å². The number of imidazole rings is 1. The predicted octanol–water partition coefficient (Wildman–Crippen LogP) is 3.04. The zero-order valence-corrected chi connectivity index (χ0v) is 11.4. The first-order valence-electron chi connectivity index (χ1n) is 6.23. The van der Waals surface area contributed by atoms with Crippen molar-refractivity contribution in [3.8, 4) is 11.3 Å². The van der Waals surface area contributed by atoms with Crippen LogP contribution < -0.4 is 0 Å². The second-order valence-electron chi connectivity index (χ2n) is 5.48. The fourth-order valence-electron chi connectivity index (χ4n) is 1.83. The lowest BCUT2D eigenvalue weighted by Gasteiger charge is -2.16. The average Bonchev–Trinajstić information content (AvgIpc) is 2.77. The van der Waals surface area contributed by atoms with E-state index in [1.54, 1.807) is 20.0 Å². The summed E-state index contributed by atoms with van der Waals surface area (Å²) in [6, 6.07) is 8.12. The van der Waals surface area contributed by atoms with Gasteiger partial charge in [-0.05, 0) is 26.3 Å². The number of nitrogens with zero attached hydrogens (tertiary/aromatic N) is 1. The summed E-state index contributed by atoms with van der Waals surface area (Å²) in [6.45, 7) is 5.43. The quantitative estimate of drug-likeness (QED) is 0.885. The SMILES string of the molecule is Cc1ccc(-c2cnc(CC(C)(C)C(=O)O)[nH]2)cc1. The molecule has 0 amide bonds. The summed E-state index contributed by atoms with van der Waals surface area (Å²) in [5.41, 5.74) is 2.35. The molecule has 0 spiro atoms. The minimum atomic E-state index is -0.819. The molecule has 4 nitrogen and oxygen atoms in total. The Kier molecular flexibility index (Phi) is 3.42. The summed E-state index contributed by atoms with van der Waals surface area (Å²) in [5, 5.41) is 9.12. The molecule has 2 aromatic rings. The van der Waals surface area contributed by atoms with Gasteiger partial charge in [0.2, 0.25) is 0 Å². The van der Waals surface area contributed by atoms with Gasteiger partial charge in [0.25, 0.3) is 0 Å². The summed E-state index contributed by atoms with van der Waals surface area (Å²) in [4.78, 5) is 18.5. The highest BCUT2D eigenvalue weighted by molar-refractivity contribution is 5.73. The number of aromatic nitrogens is 2. The lowest BCUT2D eigenvalue weighted by molar-refractivity contribution is -0.146. The number of nitrogens with one attached hydrogen (secondary N) is 1. The molecule has 1 aromatic carbocycles. The van der Waals surface area contributed by atoms with Crippen molar-refractivity contribution in [2.24, 2.45) is 5.41 Å². The Morgan fingerprint density at radius 3 is 2.53 bits per heavy atom. The second-order valence-corrected chi connectivity index (χ2v) is 5.48. The summed E-state index contributed by atoms with van der Waals surface area (Å²) < 4.78 is 0. The van der Waals surface area contributed by atoms with Crippen molar-refractivity contribution in [1.29, 1.82) is 0 Å². The average molecular weight is 258 g/mol. The van der Waals surface area contributed by atoms with E-state index in [1.165, 1.54) is 5.56 Å². The number of hydrogen-bond donors (Lipinski definition) is 2. The van der Waals surface area contributed by atoms with Gasteiger partial charge >= 0.3 is 5.97 Å². The first-order chi connectivity index (χ1) is 8.88. The summed E-state index contributed by atoms with van der Waals surface area (Å²) in [7, 11) is 0. The molecule has 1 heterocycles. The number of carboxylic acids is 1. The zero-order chi connectivity index (χ0) is 14.0. The third kappa shape index (κ3) is 3.02. The van der Waals surface area contributed by atoms with Crippen LogP contribution in [0.5, 0.6) is 0 Å². The van der Waals surface area contributed by atoms with E-state index in [-0.39, 0.29) is 0 Å². The zero-order valence-electron chi connectivity index (χ0n) is 11.4. The van der Waals surface area contributed by atoms with Gasteiger partial charge in [0.15, 0.2) is 0 Å². The lowest BCUT2D eigenvalue weighted by Crippen LogP contribution is -2.26. The van der Waals surface area contributed by atoms with Crippen LogP contribution in [-0.4, -0.2) is 21.0 Å². The number of aliphatic carboxylic acids is 1. The summed E-state index contributed by atoms with van der Waals surface area (Å²) in [5.74, 6) is -0.122. The van der Waals surface area contributed by atoms with Gasteiger partial charge in [-0.2, -0.15) is 0 Å². The van der Waals surface area contributed by atoms with Gasteiger partial charge in [0.1, 0.15) is 5.82 Å². The molecular weight excluding hydrogens is 240 g/mol. The highest BCUT2D eigenvalue weighted by Gasteiger charge is 2.28. The van der Waals surface area contributed by atoms with Crippen molar-refractivity contribution in [1.82, 2.24) is 9.97 Å². The Labute approximate surface area is 112 Å². The molecule has 2 rings (SSSR count). The largest absolute Gasteiger partial charge is 0.481 e. The van der Waals surface area contributed by atoms with Crippen molar-refractivity contribution >= 4 is 5.97 Å². The van der Waals surface area contributed by atoms with Crippen LogP contribution in [0, 0.1) is 12.3 Å². The van der Waals surface area contributed by atoms with E-state index in [0.717, 1.165) is 11.3 Å². The van der Waals surface area contributed by atoms with Crippen molar-refractivity contribution in [2.75, 3.05) is 0 Å². The maximum atomic E-state index is 11.1. The predicted molar refractivity (Wildman–Crippen MR) is 73.9 cm³/mol. The lowest BCUT2D eigenvalue weighted by atomic mass is 9.89. The number of aryl methyl sites for hydroxylation is 1. The number of rotatable bonds is 4. The van der Waals surface area contributed by atoms with E-state index < -0.39 is 11.4 Å². The fourth-order valence-corrected chi connectivity index (χ4v) is 1.83. The van der Waals surface area contributed by atoms with Crippen LogP contribution in [0.4, 0.5) is 0 Å². The number of H-pyrrole nitrogens is 1. The van der Waals surface area contributed by atoms with Crippen molar-refractivity contribution < 1.29 is 9.90 Å². The highest BCUT2D eigenvalue weighted by atomic mass is 16.4. The van der Waals surface area contributed by atoms with E-state index >= 15 is 0 Å². The van der Waals surface area contributed by atoms with E-state index in [1.807, 2.05) is 31.2 Å². The normalized spacial score (nSPS) is 11.5. The van der Waals surface area contributed by atoms with Crippen LogP contribution in [0.15, 0.2) is 30.5 Å².